The summed E-state index contributed by atoms with van der Waals surface area (Å²) in [5, 5.41) is 7.00. The van der Waals surface area contributed by atoms with Crippen LogP contribution in [0.4, 0.5) is 0 Å². The lowest BCUT2D eigenvalue weighted by molar-refractivity contribution is 0.0725. The molecule has 1 aliphatic rings. The van der Waals surface area contributed by atoms with E-state index in [1.165, 1.54) is 0 Å². The van der Waals surface area contributed by atoms with Gasteiger partial charge >= 0.3 is 0 Å². The number of nitrogens with zero attached hydrogens (tertiary/aromatic N) is 4. The molecule has 1 N–H and O–H groups in total. The Labute approximate surface area is 193 Å². The van der Waals surface area contributed by atoms with Gasteiger partial charge in [0.1, 0.15) is 11.3 Å². The van der Waals surface area contributed by atoms with Crippen molar-refractivity contribution >= 4 is 11.8 Å². The predicted molar refractivity (Wildman–Crippen MR) is 123 cm³/mol. The molecule has 172 valence electrons. The Morgan fingerprint density at radius 3 is 2.67 bits per heavy atom. The van der Waals surface area contributed by atoms with Gasteiger partial charge in [-0.05, 0) is 38.2 Å². The van der Waals surface area contributed by atoms with Crippen LogP contribution in [0, 0.1) is 13.8 Å². The van der Waals surface area contributed by atoms with Gasteiger partial charge in [0.2, 0.25) is 0 Å². The molecule has 0 spiro atoms. The topological polar surface area (TPSA) is 101 Å². The maximum Gasteiger partial charge on any atom is 0.260 e. The first-order valence-corrected chi connectivity index (χ1v) is 11.3. The highest BCUT2D eigenvalue weighted by Crippen LogP contribution is 2.33. The summed E-state index contributed by atoms with van der Waals surface area (Å²) in [5.41, 5.74) is 3.25. The molecule has 0 saturated carbocycles. The van der Waals surface area contributed by atoms with E-state index in [1.807, 2.05) is 44.2 Å². The van der Waals surface area contributed by atoms with Crippen LogP contribution in [0.5, 0.6) is 0 Å². The highest BCUT2D eigenvalue weighted by atomic mass is 16.5. The second-order valence-corrected chi connectivity index (χ2v) is 8.71. The van der Waals surface area contributed by atoms with Crippen molar-refractivity contribution in [1.82, 2.24) is 25.3 Å². The molecule has 8 heteroatoms. The molecule has 1 aromatic carbocycles. The van der Waals surface area contributed by atoms with Crippen molar-refractivity contribution in [2.75, 3.05) is 6.54 Å². The fourth-order valence-corrected chi connectivity index (χ4v) is 4.21. The van der Waals surface area contributed by atoms with Gasteiger partial charge < -0.3 is 14.7 Å². The first kappa shape index (κ1) is 22.6. The molecule has 1 unspecified atom stereocenters. The van der Waals surface area contributed by atoms with Gasteiger partial charge in [-0.2, -0.15) is 0 Å². The second-order valence-electron chi connectivity index (χ2n) is 8.71. The zero-order valence-corrected chi connectivity index (χ0v) is 19.5. The lowest BCUT2D eigenvalue weighted by Gasteiger charge is -2.24. The number of rotatable bonds is 6. The molecular weight excluding hydrogens is 418 g/mol. The Balaban J connectivity index is 1.52. The van der Waals surface area contributed by atoms with E-state index >= 15 is 0 Å². The molecule has 0 radical (unpaired) electrons. The van der Waals surface area contributed by atoms with Gasteiger partial charge in [0, 0.05) is 19.3 Å². The predicted octanol–water partition coefficient (Wildman–Crippen LogP) is 4.11. The van der Waals surface area contributed by atoms with Gasteiger partial charge in [0.25, 0.3) is 11.8 Å². The number of carbonyl (C=O) groups excluding carboxylic acids is 2. The molecule has 1 saturated heterocycles. The van der Waals surface area contributed by atoms with Crippen LogP contribution in [0.15, 0.2) is 41.1 Å². The van der Waals surface area contributed by atoms with E-state index in [4.69, 9.17) is 4.52 Å². The van der Waals surface area contributed by atoms with E-state index in [-0.39, 0.29) is 23.8 Å². The Morgan fingerprint density at radius 1 is 1.21 bits per heavy atom. The summed E-state index contributed by atoms with van der Waals surface area (Å²) < 4.78 is 5.32. The average Bonchev–Trinajstić information content (AvgIpc) is 3.45. The van der Waals surface area contributed by atoms with Crippen molar-refractivity contribution in [2.45, 2.75) is 59.0 Å². The average molecular weight is 448 g/mol. The van der Waals surface area contributed by atoms with Gasteiger partial charge in [-0.25, -0.2) is 9.97 Å². The summed E-state index contributed by atoms with van der Waals surface area (Å²) in [7, 11) is 0. The van der Waals surface area contributed by atoms with Gasteiger partial charge in [-0.1, -0.05) is 49.3 Å². The summed E-state index contributed by atoms with van der Waals surface area (Å²) in [6.07, 6.45) is 3.19. The fourth-order valence-electron chi connectivity index (χ4n) is 4.21. The molecule has 4 rings (SSSR count). The Morgan fingerprint density at radius 2 is 1.97 bits per heavy atom. The highest BCUT2D eigenvalue weighted by Gasteiger charge is 2.36. The van der Waals surface area contributed by atoms with Crippen LogP contribution in [-0.4, -0.2) is 38.4 Å². The van der Waals surface area contributed by atoms with Crippen molar-refractivity contribution in [1.29, 1.82) is 0 Å². The van der Waals surface area contributed by atoms with Crippen molar-refractivity contribution in [3.8, 4) is 0 Å². The highest BCUT2D eigenvalue weighted by molar-refractivity contribution is 5.97. The van der Waals surface area contributed by atoms with Gasteiger partial charge in [-0.15, -0.1) is 0 Å². The van der Waals surface area contributed by atoms with Crippen LogP contribution in [0.1, 0.15) is 87.9 Å². The van der Waals surface area contributed by atoms with E-state index in [0.29, 0.717) is 47.2 Å². The van der Waals surface area contributed by atoms with Crippen LogP contribution in [0.3, 0.4) is 0 Å². The number of benzene rings is 1. The molecule has 0 aliphatic carbocycles. The summed E-state index contributed by atoms with van der Waals surface area (Å²) in [4.78, 5) is 37.0. The number of likely N-dealkylation sites (tertiary alicyclic amines) is 1. The van der Waals surface area contributed by atoms with E-state index in [9.17, 15) is 9.59 Å². The van der Waals surface area contributed by atoms with Gasteiger partial charge in [-0.3, -0.25) is 9.59 Å². The molecule has 2 aromatic heterocycles. The van der Waals surface area contributed by atoms with Crippen LogP contribution in [0.25, 0.3) is 0 Å². The van der Waals surface area contributed by atoms with Crippen LogP contribution < -0.4 is 5.32 Å². The van der Waals surface area contributed by atoms with Crippen molar-refractivity contribution in [3.05, 3.63) is 76.2 Å². The molecule has 3 heterocycles. The molecular formula is C25H29N5O3. The van der Waals surface area contributed by atoms with E-state index in [0.717, 1.165) is 18.4 Å². The summed E-state index contributed by atoms with van der Waals surface area (Å²) in [5.74, 6) is 0.833. The monoisotopic (exact) mass is 447 g/mol. The Kier molecular flexibility index (Phi) is 6.53. The molecule has 2 amide bonds. The largest absolute Gasteiger partial charge is 0.361 e. The van der Waals surface area contributed by atoms with Gasteiger partial charge in [0.15, 0.2) is 5.82 Å². The molecule has 8 nitrogen and oxygen atoms in total. The standard InChI is InChI=1S/C25H29N5O3/c1-15(2)22-21(17(4)33-29-22)25(32)30-12-8-11-20(30)23-26-14-19(16(3)28-23)24(31)27-13-18-9-6-5-7-10-18/h5-7,9-10,14-15,20H,8,11-13H2,1-4H3,(H,27,31). The molecule has 1 fully saturated rings. The third kappa shape index (κ3) is 4.65. The van der Waals surface area contributed by atoms with Gasteiger partial charge in [0.05, 0.1) is 23.0 Å². The van der Waals surface area contributed by atoms with E-state index in [2.05, 4.69) is 20.4 Å². The summed E-state index contributed by atoms with van der Waals surface area (Å²) in [6, 6.07) is 9.48. The fraction of sp³-hybridized carbons (Fsp3) is 0.400. The smallest absolute Gasteiger partial charge is 0.260 e. The first-order chi connectivity index (χ1) is 15.9. The van der Waals surface area contributed by atoms with E-state index < -0.39 is 0 Å². The normalized spacial score (nSPS) is 15.8. The van der Waals surface area contributed by atoms with E-state index in [1.54, 1.807) is 24.9 Å². The zero-order valence-electron chi connectivity index (χ0n) is 19.5. The molecule has 33 heavy (non-hydrogen) atoms. The number of aromatic nitrogens is 3. The van der Waals surface area contributed by atoms with Crippen molar-refractivity contribution in [2.24, 2.45) is 0 Å². The number of carbonyl (C=O) groups is 2. The lowest BCUT2D eigenvalue weighted by atomic mass is 10.0. The minimum absolute atomic E-state index is 0.0784. The van der Waals surface area contributed by atoms with Crippen molar-refractivity contribution < 1.29 is 14.1 Å². The summed E-state index contributed by atoms with van der Waals surface area (Å²) in [6.45, 7) is 8.59. The number of hydrogen-bond donors (Lipinski definition) is 1. The lowest BCUT2D eigenvalue weighted by Crippen LogP contribution is -2.33. The van der Waals surface area contributed by atoms with Crippen LogP contribution in [0.2, 0.25) is 0 Å². The van der Waals surface area contributed by atoms with Crippen LogP contribution in [-0.2, 0) is 6.54 Å². The first-order valence-electron chi connectivity index (χ1n) is 11.3. The number of hydrogen-bond acceptors (Lipinski definition) is 6. The number of aryl methyl sites for hydroxylation is 2. The minimum Gasteiger partial charge on any atom is -0.361 e. The summed E-state index contributed by atoms with van der Waals surface area (Å²) >= 11 is 0. The molecule has 1 atom stereocenters. The molecule has 1 aliphatic heterocycles. The third-order valence-electron chi connectivity index (χ3n) is 6.00. The quantitative estimate of drug-likeness (QED) is 0.610. The number of nitrogens with one attached hydrogen (secondary N) is 1. The second kappa shape index (κ2) is 9.52. The maximum absolute atomic E-state index is 13.4. The third-order valence-corrected chi connectivity index (χ3v) is 6.00. The Bertz CT molecular complexity index is 1160. The SMILES string of the molecule is Cc1nc(C2CCCN2C(=O)c2c(C(C)C)noc2C)ncc1C(=O)NCc1ccccc1. The number of amides is 2. The van der Waals surface area contributed by atoms with Crippen molar-refractivity contribution in [3.63, 3.8) is 0 Å². The molecule has 3 aromatic rings. The Hall–Kier alpha value is -3.55. The van der Waals surface area contributed by atoms with Crippen LogP contribution >= 0.6 is 0 Å². The molecule has 0 bridgehead atoms. The minimum atomic E-state index is -0.244. The zero-order chi connectivity index (χ0) is 23.5. The maximum atomic E-state index is 13.4.